The zero-order valence-electron chi connectivity index (χ0n) is 11.9. The number of aromatic nitrogens is 1. The minimum Gasteiger partial charge on any atom is -0.367 e. The van der Waals surface area contributed by atoms with E-state index in [2.05, 4.69) is 47.6 Å². The maximum Gasteiger partial charge on any atom is 0.144 e. The van der Waals surface area contributed by atoms with E-state index in [0.717, 1.165) is 18.4 Å². The molecule has 0 fully saturated rings. The fourth-order valence-corrected chi connectivity index (χ4v) is 2.14. The molecule has 1 aromatic heterocycles. The molecule has 0 amide bonds. The van der Waals surface area contributed by atoms with Gasteiger partial charge < -0.3 is 5.32 Å². The van der Waals surface area contributed by atoms with E-state index in [0.29, 0.717) is 11.4 Å². The fourth-order valence-electron chi connectivity index (χ4n) is 2.14. The lowest BCUT2D eigenvalue weighted by atomic mass is 10.1. The average Bonchev–Trinajstić information content (AvgIpc) is 2.46. The van der Waals surface area contributed by atoms with Crippen LogP contribution < -0.4 is 5.32 Å². The van der Waals surface area contributed by atoms with Crippen molar-refractivity contribution in [3.8, 4) is 6.07 Å². The van der Waals surface area contributed by atoms with Crippen LogP contribution in [0.3, 0.4) is 0 Å². The van der Waals surface area contributed by atoms with Crippen LogP contribution in [0.25, 0.3) is 0 Å². The van der Waals surface area contributed by atoms with Gasteiger partial charge in [-0.2, -0.15) is 5.26 Å². The number of hydrogen-bond donors (Lipinski definition) is 1. The molecule has 102 valence electrons. The molecule has 1 aromatic carbocycles. The first-order valence-corrected chi connectivity index (χ1v) is 6.87. The van der Waals surface area contributed by atoms with Crippen molar-refractivity contribution in [1.82, 2.24) is 4.98 Å². The van der Waals surface area contributed by atoms with E-state index < -0.39 is 0 Å². The summed E-state index contributed by atoms with van der Waals surface area (Å²) in [5, 5.41) is 12.5. The Kier molecular flexibility index (Phi) is 4.73. The van der Waals surface area contributed by atoms with Gasteiger partial charge in [0.1, 0.15) is 11.9 Å². The Morgan fingerprint density at radius 3 is 2.70 bits per heavy atom. The van der Waals surface area contributed by atoms with E-state index in [-0.39, 0.29) is 6.04 Å². The highest BCUT2D eigenvalue weighted by Crippen LogP contribution is 2.17. The van der Waals surface area contributed by atoms with Crippen LogP contribution in [0, 0.1) is 18.3 Å². The van der Waals surface area contributed by atoms with E-state index in [1.165, 1.54) is 5.56 Å². The van der Waals surface area contributed by atoms with Gasteiger partial charge in [0.05, 0.1) is 5.56 Å². The Morgan fingerprint density at radius 1 is 1.25 bits per heavy atom. The normalized spacial score (nSPS) is 11.7. The highest BCUT2D eigenvalue weighted by Gasteiger charge is 2.09. The molecule has 20 heavy (non-hydrogen) atoms. The smallest absolute Gasteiger partial charge is 0.144 e. The first-order chi connectivity index (χ1) is 9.70. The first-order valence-electron chi connectivity index (χ1n) is 6.87. The van der Waals surface area contributed by atoms with Crippen LogP contribution >= 0.6 is 0 Å². The third kappa shape index (κ3) is 3.58. The van der Waals surface area contributed by atoms with Gasteiger partial charge in [0.2, 0.25) is 0 Å². The minimum absolute atomic E-state index is 0.275. The summed E-state index contributed by atoms with van der Waals surface area (Å²) < 4.78 is 0. The second kappa shape index (κ2) is 6.72. The van der Waals surface area contributed by atoms with Gasteiger partial charge in [-0.1, -0.05) is 30.3 Å². The summed E-state index contributed by atoms with van der Waals surface area (Å²) in [6, 6.07) is 14.8. The van der Waals surface area contributed by atoms with Gasteiger partial charge in [-0.3, -0.25) is 0 Å². The van der Waals surface area contributed by atoms with Crippen LogP contribution in [-0.2, 0) is 6.42 Å². The Labute approximate surface area is 120 Å². The number of rotatable bonds is 5. The van der Waals surface area contributed by atoms with Crippen molar-refractivity contribution in [3.05, 3.63) is 59.3 Å². The molecule has 2 aromatic rings. The summed E-state index contributed by atoms with van der Waals surface area (Å²) in [7, 11) is 0. The van der Waals surface area contributed by atoms with Gasteiger partial charge in [-0.15, -0.1) is 0 Å². The van der Waals surface area contributed by atoms with E-state index in [1.807, 2.05) is 19.1 Å². The Morgan fingerprint density at radius 2 is 2.00 bits per heavy atom. The molecule has 1 heterocycles. The molecule has 3 heteroatoms. The molecule has 1 unspecified atom stereocenters. The van der Waals surface area contributed by atoms with E-state index >= 15 is 0 Å². The molecule has 3 nitrogen and oxygen atoms in total. The number of nitrogens with zero attached hydrogens (tertiary/aromatic N) is 2. The number of pyridine rings is 1. The van der Waals surface area contributed by atoms with E-state index in [1.54, 1.807) is 6.20 Å². The maximum absolute atomic E-state index is 9.19. The van der Waals surface area contributed by atoms with Crippen molar-refractivity contribution in [1.29, 1.82) is 5.26 Å². The lowest BCUT2D eigenvalue weighted by Gasteiger charge is -2.16. The highest BCUT2D eigenvalue weighted by molar-refractivity contribution is 5.55. The van der Waals surface area contributed by atoms with Crippen molar-refractivity contribution in [3.63, 3.8) is 0 Å². The van der Waals surface area contributed by atoms with Crippen molar-refractivity contribution in [2.45, 2.75) is 32.7 Å². The van der Waals surface area contributed by atoms with Crippen LogP contribution in [-0.4, -0.2) is 11.0 Å². The Balaban J connectivity index is 1.97. The highest BCUT2D eigenvalue weighted by atomic mass is 15.0. The quantitative estimate of drug-likeness (QED) is 0.896. The van der Waals surface area contributed by atoms with Crippen molar-refractivity contribution >= 4 is 5.82 Å². The van der Waals surface area contributed by atoms with Crippen LogP contribution in [0.2, 0.25) is 0 Å². The molecule has 1 atom stereocenters. The molecule has 0 aliphatic rings. The lowest BCUT2D eigenvalue weighted by Crippen LogP contribution is -2.18. The van der Waals surface area contributed by atoms with Crippen LogP contribution in [0.15, 0.2) is 42.6 Å². The monoisotopic (exact) mass is 265 g/mol. The summed E-state index contributed by atoms with van der Waals surface area (Å²) in [6.07, 6.45) is 3.76. The maximum atomic E-state index is 9.19. The molecular formula is C17H19N3. The van der Waals surface area contributed by atoms with Gasteiger partial charge in [0, 0.05) is 12.2 Å². The topological polar surface area (TPSA) is 48.7 Å². The molecule has 0 radical (unpaired) electrons. The van der Waals surface area contributed by atoms with Gasteiger partial charge in [-0.05, 0) is 43.9 Å². The van der Waals surface area contributed by atoms with Crippen LogP contribution in [0.5, 0.6) is 0 Å². The predicted octanol–water partition coefficient (Wildman–Crippen LogP) is 3.69. The lowest BCUT2D eigenvalue weighted by molar-refractivity contribution is 0.702. The second-order valence-corrected chi connectivity index (χ2v) is 5.03. The number of hydrogen-bond acceptors (Lipinski definition) is 3. The summed E-state index contributed by atoms with van der Waals surface area (Å²) in [5.74, 6) is 0.688. The predicted molar refractivity (Wildman–Crippen MR) is 81.5 cm³/mol. The summed E-state index contributed by atoms with van der Waals surface area (Å²) in [5.41, 5.74) is 2.93. The third-order valence-electron chi connectivity index (χ3n) is 3.36. The zero-order valence-corrected chi connectivity index (χ0v) is 11.9. The number of nitriles is 1. The molecule has 0 saturated carbocycles. The van der Waals surface area contributed by atoms with Gasteiger partial charge in [0.15, 0.2) is 0 Å². The van der Waals surface area contributed by atoms with Crippen molar-refractivity contribution in [2.24, 2.45) is 0 Å². The summed E-state index contributed by atoms with van der Waals surface area (Å²) in [4.78, 5) is 4.27. The summed E-state index contributed by atoms with van der Waals surface area (Å²) >= 11 is 0. The van der Waals surface area contributed by atoms with E-state index in [4.69, 9.17) is 0 Å². The molecule has 0 spiro atoms. The molecule has 0 aliphatic carbocycles. The first kappa shape index (κ1) is 14.1. The Hall–Kier alpha value is -2.34. The van der Waals surface area contributed by atoms with Crippen molar-refractivity contribution in [2.75, 3.05) is 5.32 Å². The fraction of sp³-hybridized carbons (Fsp3) is 0.294. The number of anilines is 1. The van der Waals surface area contributed by atoms with Crippen molar-refractivity contribution < 1.29 is 0 Å². The molecule has 0 saturated heterocycles. The number of nitrogens with one attached hydrogen (secondary N) is 1. The summed E-state index contributed by atoms with van der Waals surface area (Å²) in [6.45, 7) is 4.05. The molecule has 2 rings (SSSR count). The molecule has 0 bridgehead atoms. The van der Waals surface area contributed by atoms with E-state index in [9.17, 15) is 5.26 Å². The average molecular weight is 265 g/mol. The zero-order chi connectivity index (χ0) is 14.4. The van der Waals surface area contributed by atoms with Gasteiger partial charge >= 0.3 is 0 Å². The number of aryl methyl sites for hydroxylation is 2. The SMILES string of the molecule is Cc1ccnc(NC(C)CCc2ccccc2)c1C#N. The van der Waals surface area contributed by atoms with Gasteiger partial charge in [-0.25, -0.2) is 4.98 Å². The molecule has 0 aliphatic heterocycles. The Bertz CT molecular complexity index is 599. The second-order valence-electron chi connectivity index (χ2n) is 5.03. The van der Waals surface area contributed by atoms with Gasteiger partial charge in [0.25, 0.3) is 0 Å². The number of benzene rings is 1. The standard InChI is InChI=1S/C17H19N3/c1-13-10-11-19-17(16(13)12-18)20-14(2)8-9-15-6-4-3-5-7-15/h3-7,10-11,14H,8-9H2,1-2H3,(H,19,20). The van der Waals surface area contributed by atoms with Crippen LogP contribution in [0.4, 0.5) is 5.82 Å². The molecule has 1 N–H and O–H groups in total. The third-order valence-corrected chi connectivity index (χ3v) is 3.36. The molecular weight excluding hydrogens is 246 g/mol. The largest absolute Gasteiger partial charge is 0.367 e. The van der Waals surface area contributed by atoms with Crippen LogP contribution in [0.1, 0.15) is 30.0 Å². The minimum atomic E-state index is 0.275.